The molecule has 0 aromatic heterocycles. The standard InChI is InChI=1S/C13H23N3O2/c1-9(2)7-11(14)13(18)15-5-6-16-10(8-15)3-4-12(16)17/h9-11H,3-8,14H2,1-2H3/t10?,11-/m1/s1. The number of nitrogens with two attached hydrogens (primary N) is 1. The highest BCUT2D eigenvalue weighted by Gasteiger charge is 2.37. The van der Waals surface area contributed by atoms with E-state index < -0.39 is 6.04 Å². The molecule has 2 amide bonds. The lowest BCUT2D eigenvalue weighted by molar-refractivity contribution is -0.140. The van der Waals surface area contributed by atoms with Crippen LogP contribution in [0.2, 0.25) is 0 Å². The van der Waals surface area contributed by atoms with Crippen LogP contribution in [0.15, 0.2) is 0 Å². The summed E-state index contributed by atoms with van der Waals surface area (Å²) in [6, 6.07) is -0.171. The first-order valence-electron chi connectivity index (χ1n) is 6.83. The van der Waals surface area contributed by atoms with E-state index in [0.29, 0.717) is 32.0 Å². The molecule has 0 aromatic carbocycles. The highest BCUT2D eigenvalue weighted by Crippen LogP contribution is 2.23. The summed E-state index contributed by atoms with van der Waals surface area (Å²) in [5.41, 5.74) is 5.94. The lowest BCUT2D eigenvalue weighted by atomic mass is 10.0. The van der Waals surface area contributed by atoms with Crippen molar-refractivity contribution in [2.24, 2.45) is 11.7 Å². The van der Waals surface area contributed by atoms with E-state index in [-0.39, 0.29) is 17.9 Å². The van der Waals surface area contributed by atoms with Crippen molar-refractivity contribution in [2.75, 3.05) is 19.6 Å². The fraction of sp³-hybridized carbons (Fsp3) is 0.846. The van der Waals surface area contributed by atoms with Crippen molar-refractivity contribution in [3.8, 4) is 0 Å². The summed E-state index contributed by atoms with van der Waals surface area (Å²) in [5.74, 6) is 0.708. The van der Waals surface area contributed by atoms with Gasteiger partial charge in [-0.1, -0.05) is 13.8 Å². The minimum absolute atomic E-state index is 0.0442. The summed E-state index contributed by atoms with van der Waals surface area (Å²) >= 11 is 0. The number of piperazine rings is 1. The molecule has 2 atom stereocenters. The molecular formula is C13H23N3O2. The van der Waals surface area contributed by atoms with E-state index in [1.54, 1.807) is 0 Å². The fourth-order valence-electron chi connectivity index (χ4n) is 2.91. The van der Waals surface area contributed by atoms with Gasteiger partial charge < -0.3 is 15.5 Å². The van der Waals surface area contributed by atoms with E-state index in [9.17, 15) is 9.59 Å². The van der Waals surface area contributed by atoms with Crippen molar-refractivity contribution in [3.05, 3.63) is 0 Å². The molecule has 0 aromatic rings. The van der Waals surface area contributed by atoms with Crippen LogP contribution >= 0.6 is 0 Å². The molecule has 18 heavy (non-hydrogen) atoms. The number of carbonyl (C=O) groups is 2. The SMILES string of the molecule is CC(C)C[C@@H](N)C(=O)N1CCN2C(=O)CCC2C1. The Bertz CT molecular complexity index is 343. The summed E-state index contributed by atoms with van der Waals surface area (Å²) in [7, 11) is 0. The van der Waals surface area contributed by atoms with Crippen LogP contribution in [0.5, 0.6) is 0 Å². The van der Waals surface area contributed by atoms with Gasteiger partial charge in [0.15, 0.2) is 0 Å². The van der Waals surface area contributed by atoms with Gasteiger partial charge in [0.05, 0.1) is 6.04 Å². The molecule has 5 heteroatoms. The quantitative estimate of drug-likeness (QED) is 0.781. The van der Waals surface area contributed by atoms with Gasteiger partial charge >= 0.3 is 0 Å². The van der Waals surface area contributed by atoms with Crippen LogP contribution in [-0.4, -0.2) is 53.3 Å². The number of amides is 2. The second kappa shape index (κ2) is 5.26. The first kappa shape index (κ1) is 13.3. The number of nitrogens with zero attached hydrogens (tertiary/aromatic N) is 2. The molecule has 0 radical (unpaired) electrons. The predicted octanol–water partition coefficient (Wildman–Crippen LogP) is 0.193. The van der Waals surface area contributed by atoms with Crippen LogP contribution in [0.1, 0.15) is 33.1 Å². The van der Waals surface area contributed by atoms with Gasteiger partial charge in [0, 0.05) is 32.1 Å². The number of hydrogen-bond donors (Lipinski definition) is 1. The molecule has 2 saturated heterocycles. The van der Waals surface area contributed by atoms with E-state index >= 15 is 0 Å². The number of rotatable bonds is 3. The maximum Gasteiger partial charge on any atom is 0.239 e. The summed E-state index contributed by atoms with van der Waals surface area (Å²) in [6.07, 6.45) is 2.23. The lowest BCUT2D eigenvalue weighted by Crippen LogP contribution is -2.56. The van der Waals surface area contributed by atoms with Gasteiger partial charge in [0.2, 0.25) is 11.8 Å². The molecule has 5 nitrogen and oxygen atoms in total. The van der Waals surface area contributed by atoms with Gasteiger partial charge in [-0.05, 0) is 18.8 Å². The lowest BCUT2D eigenvalue weighted by Gasteiger charge is -2.38. The molecule has 102 valence electrons. The van der Waals surface area contributed by atoms with Crippen molar-refractivity contribution in [1.29, 1.82) is 0 Å². The summed E-state index contributed by atoms with van der Waals surface area (Å²) < 4.78 is 0. The molecular weight excluding hydrogens is 230 g/mol. The van der Waals surface area contributed by atoms with Gasteiger partial charge in [-0.3, -0.25) is 9.59 Å². The number of fused-ring (bicyclic) bond motifs is 1. The average Bonchev–Trinajstić information content (AvgIpc) is 2.69. The number of hydrogen-bond acceptors (Lipinski definition) is 3. The Labute approximate surface area is 108 Å². The van der Waals surface area contributed by atoms with Crippen molar-refractivity contribution >= 4 is 11.8 Å². The Morgan fingerprint density at radius 2 is 2.17 bits per heavy atom. The molecule has 0 saturated carbocycles. The van der Waals surface area contributed by atoms with E-state index in [2.05, 4.69) is 13.8 Å². The Morgan fingerprint density at radius 1 is 1.44 bits per heavy atom. The van der Waals surface area contributed by atoms with Crippen LogP contribution in [0.25, 0.3) is 0 Å². The zero-order chi connectivity index (χ0) is 13.3. The third-order valence-electron chi connectivity index (χ3n) is 3.85. The molecule has 0 bridgehead atoms. The van der Waals surface area contributed by atoms with E-state index in [0.717, 1.165) is 12.8 Å². The zero-order valence-corrected chi connectivity index (χ0v) is 11.3. The molecule has 2 rings (SSSR count). The van der Waals surface area contributed by atoms with E-state index in [4.69, 9.17) is 5.73 Å². The summed E-state index contributed by atoms with van der Waals surface area (Å²) in [6.45, 7) is 6.11. The Balaban J connectivity index is 1.91. The average molecular weight is 253 g/mol. The fourth-order valence-corrected chi connectivity index (χ4v) is 2.91. The van der Waals surface area contributed by atoms with Crippen LogP contribution in [0.3, 0.4) is 0 Å². The zero-order valence-electron chi connectivity index (χ0n) is 11.3. The van der Waals surface area contributed by atoms with Crippen LogP contribution in [-0.2, 0) is 9.59 Å². The molecule has 2 aliphatic rings. The molecule has 2 aliphatic heterocycles. The maximum atomic E-state index is 12.2. The van der Waals surface area contributed by atoms with Crippen molar-refractivity contribution in [2.45, 2.75) is 45.2 Å². The monoisotopic (exact) mass is 253 g/mol. The minimum Gasteiger partial charge on any atom is -0.338 e. The van der Waals surface area contributed by atoms with Gasteiger partial charge in [0.25, 0.3) is 0 Å². The van der Waals surface area contributed by atoms with Crippen molar-refractivity contribution in [3.63, 3.8) is 0 Å². The molecule has 2 fully saturated rings. The van der Waals surface area contributed by atoms with Gasteiger partial charge in [-0.15, -0.1) is 0 Å². The maximum absolute atomic E-state index is 12.2. The highest BCUT2D eigenvalue weighted by molar-refractivity contribution is 5.83. The topological polar surface area (TPSA) is 66.6 Å². The smallest absolute Gasteiger partial charge is 0.239 e. The Kier molecular flexibility index (Phi) is 3.90. The molecule has 2 heterocycles. The van der Waals surface area contributed by atoms with Crippen LogP contribution in [0.4, 0.5) is 0 Å². The Morgan fingerprint density at radius 3 is 2.83 bits per heavy atom. The van der Waals surface area contributed by atoms with Crippen molar-refractivity contribution < 1.29 is 9.59 Å². The third-order valence-corrected chi connectivity index (χ3v) is 3.85. The van der Waals surface area contributed by atoms with Gasteiger partial charge in [-0.2, -0.15) is 0 Å². The van der Waals surface area contributed by atoms with Gasteiger partial charge in [0.1, 0.15) is 0 Å². The van der Waals surface area contributed by atoms with Crippen molar-refractivity contribution in [1.82, 2.24) is 9.80 Å². The normalized spacial score (nSPS) is 25.6. The summed E-state index contributed by atoms with van der Waals surface area (Å²) in [4.78, 5) is 27.5. The highest BCUT2D eigenvalue weighted by atomic mass is 16.2. The van der Waals surface area contributed by atoms with E-state index in [1.807, 2.05) is 9.80 Å². The third kappa shape index (κ3) is 2.66. The van der Waals surface area contributed by atoms with Crippen LogP contribution in [0, 0.1) is 5.92 Å². The predicted molar refractivity (Wildman–Crippen MR) is 68.7 cm³/mol. The minimum atomic E-state index is -0.395. The summed E-state index contributed by atoms with van der Waals surface area (Å²) in [5, 5.41) is 0. The number of carbonyl (C=O) groups excluding carboxylic acids is 2. The molecule has 2 N–H and O–H groups in total. The second-order valence-corrected chi connectivity index (χ2v) is 5.80. The first-order valence-corrected chi connectivity index (χ1v) is 6.83. The molecule has 0 aliphatic carbocycles. The molecule has 1 unspecified atom stereocenters. The first-order chi connectivity index (χ1) is 8.49. The van der Waals surface area contributed by atoms with Crippen LogP contribution < -0.4 is 5.73 Å². The Hall–Kier alpha value is -1.10. The molecule has 0 spiro atoms. The van der Waals surface area contributed by atoms with E-state index in [1.165, 1.54) is 0 Å². The van der Waals surface area contributed by atoms with Gasteiger partial charge in [-0.25, -0.2) is 0 Å². The largest absolute Gasteiger partial charge is 0.338 e. The second-order valence-electron chi connectivity index (χ2n) is 5.80.